The Balaban J connectivity index is 0.00000200. The smallest absolute Gasteiger partial charge is 0.236 e. The molecule has 0 aromatic heterocycles. The molecule has 8 heteroatoms. The maximum absolute atomic E-state index is 12.1. The maximum Gasteiger partial charge on any atom is 0.236 e. The first-order valence-corrected chi connectivity index (χ1v) is 8.63. The highest BCUT2D eigenvalue weighted by Gasteiger charge is 2.33. The Morgan fingerprint density at radius 2 is 2.10 bits per heavy atom. The van der Waals surface area contributed by atoms with Crippen LogP contribution in [0.25, 0.3) is 0 Å². The van der Waals surface area contributed by atoms with Crippen LogP contribution in [0.15, 0.2) is 0 Å². The summed E-state index contributed by atoms with van der Waals surface area (Å²) in [4.78, 5) is 13.7. The number of nitrogens with zero attached hydrogens (tertiary/aromatic N) is 2. The summed E-state index contributed by atoms with van der Waals surface area (Å²) >= 11 is 0. The number of piperidine rings is 1. The molecule has 0 radical (unpaired) electrons. The predicted molar refractivity (Wildman–Crippen MR) is 80.5 cm³/mol. The minimum absolute atomic E-state index is 0. The van der Waals surface area contributed by atoms with E-state index in [9.17, 15) is 13.2 Å². The molecule has 0 bridgehead atoms. The van der Waals surface area contributed by atoms with Crippen LogP contribution in [-0.2, 0) is 14.8 Å². The Morgan fingerprint density at radius 3 is 2.75 bits per heavy atom. The van der Waals surface area contributed by atoms with Gasteiger partial charge >= 0.3 is 0 Å². The number of amides is 1. The molecule has 1 unspecified atom stereocenters. The Labute approximate surface area is 127 Å². The van der Waals surface area contributed by atoms with E-state index in [4.69, 9.17) is 0 Å². The molecule has 20 heavy (non-hydrogen) atoms. The number of hydrogen-bond acceptors (Lipinski definition) is 4. The lowest BCUT2D eigenvalue weighted by Gasteiger charge is -2.40. The number of rotatable bonds is 4. The number of piperazine rings is 1. The highest BCUT2D eigenvalue weighted by molar-refractivity contribution is 7.89. The first kappa shape index (κ1) is 17.7. The zero-order valence-electron chi connectivity index (χ0n) is 11.9. The third-order valence-electron chi connectivity index (χ3n) is 3.78. The number of carbonyl (C=O) groups is 1. The van der Waals surface area contributed by atoms with Crippen molar-refractivity contribution in [3.8, 4) is 0 Å². The molecule has 118 valence electrons. The van der Waals surface area contributed by atoms with Gasteiger partial charge < -0.3 is 10.2 Å². The van der Waals surface area contributed by atoms with Crippen molar-refractivity contribution in [2.24, 2.45) is 0 Å². The molecule has 0 aromatic carbocycles. The van der Waals surface area contributed by atoms with Gasteiger partial charge in [-0.2, -0.15) is 4.31 Å². The fraction of sp³-hybridized carbons (Fsp3) is 0.917. The van der Waals surface area contributed by atoms with E-state index in [1.54, 1.807) is 4.31 Å². The summed E-state index contributed by atoms with van der Waals surface area (Å²) in [6.07, 6.45) is 2.38. The van der Waals surface area contributed by atoms with E-state index in [0.717, 1.165) is 19.4 Å². The molecule has 2 aliphatic rings. The van der Waals surface area contributed by atoms with E-state index >= 15 is 0 Å². The summed E-state index contributed by atoms with van der Waals surface area (Å²) in [5.74, 6) is 0.292. The van der Waals surface area contributed by atoms with Crippen LogP contribution in [0, 0.1) is 0 Å². The monoisotopic (exact) mass is 325 g/mol. The van der Waals surface area contributed by atoms with Crippen molar-refractivity contribution >= 4 is 28.3 Å². The lowest BCUT2D eigenvalue weighted by Crippen LogP contribution is -2.57. The van der Waals surface area contributed by atoms with Gasteiger partial charge in [0, 0.05) is 32.2 Å². The van der Waals surface area contributed by atoms with E-state index in [1.807, 2.05) is 11.8 Å². The van der Waals surface area contributed by atoms with Gasteiger partial charge in [-0.05, 0) is 19.3 Å². The highest BCUT2D eigenvalue weighted by atomic mass is 35.5. The van der Waals surface area contributed by atoms with Gasteiger partial charge in [0.1, 0.15) is 0 Å². The number of sulfonamides is 1. The Morgan fingerprint density at radius 1 is 1.35 bits per heavy atom. The lowest BCUT2D eigenvalue weighted by atomic mass is 10.1. The molecule has 2 rings (SSSR count). The van der Waals surface area contributed by atoms with Gasteiger partial charge in [-0.3, -0.25) is 4.79 Å². The summed E-state index contributed by atoms with van der Waals surface area (Å²) in [5.41, 5.74) is 0. The molecule has 1 atom stereocenters. The van der Waals surface area contributed by atoms with Crippen molar-refractivity contribution in [1.29, 1.82) is 0 Å². The third-order valence-corrected chi connectivity index (χ3v) is 5.82. The van der Waals surface area contributed by atoms with Gasteiger partial charge in [0.15, 0.2) is 0 Å². The van der Waals surface area contributed by atoms with Crippen LogP contribution >= 0.6 is 12.4 Å². The average molecular weight is 326 g/mol. The molecule has 2 aliphatic heterocycles. The van der Waals surface area contributed by atoms with Crippen molar-refractivity contribution in [2.75, 3.05) is 38.5 Å². The minimum atomic E-state index is -3.14. The Bertz CT molecular complexity index is 430. The fourth-order valence-corrected chi connectivity index (χ4v) is 4.40. The molecular formula is C12H24ClN3O3S. The first-order valence-electron chi connectivity index (χ1n) is 7.02. The van der Waals surface area contributed by atoms with Crippen molar-refractivity contribution in [1.82, 2.24) is 14.5 Å². The lowest BCUT2D eigenvalue weighted by molar-refractivity contribution is -0.135. The van der Waals surface area contributed by atoms with Crippen molar-refractivity contribution < 1.29 is 13.2 Å². The molecule has 2 saturated heterocycles. The summed E-state index contributed by atoms with van der Waals surface area (Å²) in [7, 11) is -3.14. The molecule has 1 N–H and O–H groups in total. The fourth-order valence-electron chi connectivity index (χ4n) is 2.82. The van der Waals surface area contributed by atoms with Crippen molar-refractivity contribution in [3.05, 3.63) is 0 Å². The van der Waals surface area contributed by atoms with E-state index in [-0.39, 0.29) is 30.1 Å². The average Bonchev–Trinajstić information content (AvgIpc) is 2.39. The van der Waals surface area contributed by atoms with Gasteiger partial charge in [0.05, 0.1) is 12.3 Å². The van der Waals surface area contributed by atoms with E-state index in [2.05, 4.69) is 5.32 Å². The summed E-state index contributed by atoms with van der Waals surface area (Å²) in [6, 6.07) is 0.0509. The molecule has 0 aliphatic carbocycles. The minimum Gasteiger partial charge on any atom is -0.336 e. The SMILES string of the molecule is CCCS(=O)(=O)N1CCCC(N2CCNCC2=O)C1.Cl. The molecular weight excluding hydrogens is 302 g/mol. The Hall–Kier alpha value is -0.370. The third kappa shape index (κ3) is 4.07. The second kappa shape index (κ2) is 7.59. The standard InChI is InChI=1S/C12H23N3O3S.ClH/c1-2-8-19(17,18)14-6-3-4-11(10-14)15-7-5-13-9-12(15)16;/h11,13H,2-10H2,1H3;1H. The summed E-state index contributed by atoms with van der Waals surface area (Å²) < 4.78 is 25.8. The first-order chi connectivity index (χ1) is 9.04. The van der Waals surface area contributed by atoms with Gasteiger partial charge in [0.2, 0.25) is 15.9 Å². The van der Waals surface area contributed by atoms with Crippen LogP contribution in [0.2, 0.25) is 0 Å². The van der Waals surface area contributed by atoms with E-state index in [1.165, 1.54) is 0 Å². The van der Waals surface area contributed by atoms with Gasteiger partial charge in [-0.25, -0.2) is 8.42 Å². The largest absolute Gasteiger partial charge is 0.336 e. The predicted octanol–water partition coefficient (Wildman–Crippen LogP) is 0.0442. The summed E-state index contributed by atoms with van der Waals surface area (Å²) in [5, 5.41) is 3.04. The number of carbonyl (C=O) groups excluding carboxylic acids is 1. The molecule has 2 fully saturated rings. The number of hydrogen-bond donors (Lipinski definition) is 1. The van der Waals surface area contributed by atoms with E-state index < -0.39 is 10.0 Å². The van der Waals surface area contributed by atoms with Crippen LogP contribution in [0.1, 0.15) is 26.2 Å². The second-order valence-electron chi connectivity index (χ2n) is 5.23. The number of nitrogens with one attached hydrogen (secondary N) is 1. The van der Waals surface area contributed by atoms with Crippen LogP contribution in [0.3, 0.4) is 0 Å². The van der Waals surface area contributed by atoms with Crippen LogP contribution in [0.5, 0.6) is 0 Å². The van der Waals surface area contributed by atoms with Gasteiger partial charge in [-0.15, -0.1) is 12.4 Å². The summed E-state index contributed by atoms with van der Waals surface area (Å²) in [6.45, 7) is 4.79. The number of halogens is 1. The second-order valence-corrected chi connectivity index (χ2v) is 7.32. The molecule has 1 amide bonds. The molecule has 6 nitrogen and oxygen atoms in total. The Kier molecular flexibility index (Phi) is 6.71. The van der Waals surface area contributed by atoms with Gasteiger partial charge in [0.25, 0.3) is 0 Å². The maximum atomic E-state index is 12.1. The molecule has 2 heterocycles. The molecule has 0 aromatic rings. The van der Waals surface area contributed by atoms with E-state index in [0.29, 0.717) is 32.6 Å². The van der Waals surface area contributed by atoms with Crippen molar-refractivity contribution in [3.63, 3.8) is 0 Å². The normalized spacial score (nSPS) is 25.4. The quantitative estimate of drug-likeness (QED) is 0.792. The van der Waals surface area contributed by atoms with Crippen LogP contribution in [0.4, 0.5) is 0 Å². The zero-order valence-corrected chi connectivity index (χ0v) is 13.5. The molecule has 0 saturated carbocycles. The highest BCUT2D eigenvalue weighted by Crippen LogP contribution is 2.20. The van der Waals surface area contributed by atoms with Gasteiger partial charge in [-0.1, -0.05) is 6.92 Å². The topological polar surface area (TPSA) is 69.7 Å². The van der Waals surface area contributed by atoms with Crippen LogP contribution < -0.4 is 5.32 Å². The van der Waals surface area contributed by atoms with Crippen molar-refractivity contribution in [2.45, 2.75) is 32.2 Å². The molecule has 0 spiro atoms. The van der Waals surface area contributed by atoms with Crippen LogP contribution in [-0.4, -0.2) is 68.0 Å². The zero-order chi connectivity index (χ0) is 13.9.